The van der Waals surface area contributed by atoms with Crippen LogP contribution in [0.4, 0.5) is 0 Å². The second-order valence-electron chi connectivity index (χ2n) is 4.19. The van der Waals surface area contributed by atoms with Gasteiger partial charge in [-0.1, -0.05) is 29.3 Å². The molecule has 88 valence electrons. The Bertz CT molecular complexity index is 548. The SMILES string of the molecule is Clc1ccc([C@H]2NCCn3cccc32)cc1Cl. The average molecular weight is 267 g/mol. The molecule has 1 aliphatic heterocycles. The molecule has 2 heterocycles. The van der Waals surface area contributed by atoms with Crippen molar-refractivity contribution in [3.8, 4) is 0 Å². The molecule has 0 bridgehead atoms. The van der Waals surface area contributed by atoms with Crippen molar-refractivity contribution in [1.29, 1.82) is 0 Å². The minimum absolute atomic E-state index is 0.202. The van der Waals surface area contributed by atoms with Gasteiger partial charge in [-0.25, -0.2) is 0 Å². The largest absolute Gasteiger partial charge is 0.348 e. The molecule has 1 aromatic carbocycles. The second-order valence-corrected chi connectivity index (χ2v) is 5.00. The van der Waals surface area contributed by atoms with Crippen LogP contribution < -0.4 is 5.32 Å². The third-order valence-electron chi connectivity index (χ3n) is 3.14. The fraction of sp³-hybridized carbons (Fsp3) is 0.231. The number of nitrogens with one attached hydrogen (secondary N) is 1. The molecule has 1 N–H and O–H groups in total. The van der Waals surface area contributed by atoms with Crippen LogP contribution in [0.15, 0.2) is 36.5 Å². The average Bonchev–Trinajstić information content (AvgIpc) is 2.80. The van der Waals surface area contributed by atoms with Crippen molar-refractivity contribution < 1.29 is 0 Å². The Kier molecular flexibility index (Phi) is 2.87. The first-order chi connectivity index (χ1) is 8.25. The number of rotatable bonds is 1. The molecule has 3 rings (SSSR count). The van der Waals surface area contributed by atoms with Crippen LogP contribution in [0.2, 0.25) is 10.0 Å². The third kappa shape index (κ3) is 1.97. The molecule has 0 saturated carbocycles. The Balaban J connectivity index is 2.03. The van der Waals surface area contributed by atoms with Gasteiger partial charge in [-0.2, -0.15) is 0 Å². The zero-order chi connectivity index (χ0) is 11.8. The van der Waals surface area contributed by atoms with E-state index in [1.807, 2.05) is 18.2 Å². The summed E-state index contributed by atoms with van der Waals surface area (Å²) in [4.78, 5) is 0. The summed E-state index contributed by atoms with van der Waals surface area (Å²) in [5.41, 5.74) is 2.42. The van der Waals surface area contributed by atoms with E-state index >= 15 is 0 Å². The molecular formula is C13H12Cl2N2. The molecule has 4 heteroatoms. The summed E-state index contributed by atoms with van der Waals surface area (Å²) in [6.45, 7) is 1.98. The van der Waals surface area contributed by atoms with Gasteiger partial charge in [0.15, 0.2) is 0 Å². The van der Waals surface area contributed by atoms with Gasteiger partial charge in [0.1, 0.15) is 0 Å². The fourth-order valence-electron chi connectivity index (χ4n) is 2.31. The normalized spacial score (nSPS) is 19.1. The Labute approximate surface area is 110 Å². The lowest BCUT2D eigenvalue weighted by molar-refractivity contribution is 0.467. The second kappa shape index (κ2) is 4.37. The number of aromatic nitrogens is 1. The van der Waals surface area contributed by atoms with E-state index in [9.17, 15) is 0 Å². The molecule has 0 aliphatic carbocycles. The number of nitrogens with zero attached hydrogens (tertiary/aromatic N) is 1. The van der Waals surface area contributed by atoms with Crippen molar-refractivity contribution in [2.45, 2.75) is 12.6 Å². The van der Waals surface area contributed by atoms with Crippen LogP contribution in [0, 0.1) is 0 Å². The molecule has 1 aliphatic rings. The molecular weight excluding hydrogens is 255 g/mol. The minimum atomic E-state index is 0.202. The fourth-order valence-corrected chi connectivity index (χ4v) is 2.61. The van der Waals surface area contributed by atoms with E-state index < -0.39 is 0 Å². The van der Waals surface area contributed by atoms with Crippen molar-refractivity contribution in [2.75, 3.05) is 6.54 Å². The summed E-state index contributed by atoms with van der Waals surface area (Å²) in [7, 11) is 0. The molecule has 17 heavy (non-hydrogen) atoms. The number of hydrogen-bond acceptors (Lipinski definition) is 1. The lowest BCUT2D eigenvalue weighted by atomic mass is 10.0. The van der Waals surface area contributed by atoms with Crippen LogP contribution in [-0.4, -0.2) is 11.1 Å². The van der Waals surface area contributed by atoms with E-state index in [0.29, 0.717) is 10.0 Å². The van der Waals surface area contributed by atoms with Gasteiger partial charge >= 0.3 is 0 Å². The lowest BCUT2D eigenvalue weighted by Gasteiger charge is -2.27. The van der Waals surface area contributed by atoms with Gasteiger partial charge in [0.25, 0.3) is 0 Å². The number of halogens is 2. The number of hydrogen-bond donors (Lipinski definition) is 1. The predicted molar refractivity (Wildman–Crippen MR) is 70.7 cm³/mol. The Hall–Kier alpha value is -0.960. The molecule has 2 aromatic rings. The highest BCUT2D eigenvalue weighted by molar-refractivity contribution is 6.42. The highest BCUT2D eigenvalue weighted by atomic mass is 35.5. The highest BCUT2D eigenvalue weighted by Crippen LogP contribution is 2.30. The summed E-state index contributed by atoms with van der Waals surface area (Å²) in [6.07, 6.45) is 2.11. The molecule has 0 saturated heterocycles. The van der Waals surface area contributed by atoms with E-state index in [1.165, 1.54) is 5.69 Å². The first-order valence-corrected chi connectivity index (χ1v) is 6.34. The summed E-state index contributed by atoms with van der Waals surface area (Å²) < 4.78 is 2.27. The van der Waals surface area contributed by atoms with Crippen LogP contribution in [0.5, 0.6) is 0 Å². The van der Waals surface area contributed by atoms with Crippen LogP contribution in [0.25, 0.3) is 0 Å². The van der Waals surface area contributed by atoms with Gasteiger partial charge in [-0.15, -0.1) is 0 Å². The third-order valence-corrected chi connectivity index (χ3v) is 3.88. The predicted octanol–water partition coefficient (Wildman–Crippen LogP) is 3.49. The number of fused-ring (bicyclic) bond motifs is 1. The summed E-state index contributed by atoms with van der Waals surface area (Å²) >= 11 is 12.0. The summed E-state index contributed by atoms with van der Waals surface area (Å²) in [5, 5.41) is 4.71. The summed E-state index contributed by atoms with van der Waals surface area (Å²) in [6, 6.07) is 10.2. The van der Waals surface area contributed by atoms with Crippen molar-refractivity contribution in [2.24, 2.45) is 0 Å². The van der Waals surface area contributed by atoms with Gasteiger partial charge in [-0.05, 0) is 29.8 Å². The van der Waals surface area contributed by atoms with Crippen LogP contribution >= 0.6 is 23.2 Å². The maximum Gasteiger partial charge on any atom is 0.0732 e. The van der Waals surface area contributed by atoms with E-state index in [-0.39, 0.29) is 6.04 Å². The topological polar surface area (TPSA) is 17.0 Å². The highest BCUT2D eigenvalue weighted by Gasteiger charge is 2.21. The first kappa shape index (κ1) is 11.1. The van der Waals surface area contributed by atoms with Gasteiger partial charge < -0.3 is 9.88 Å². The minimum Gasteiger partial charge on any atom is -0.348 e. The molecule has 2 nitrogen and oxygen atoms in total. The van der Waals surface area contributed by atoms with E-state index in [2.05, 4.69) is 28.2 Å². The molecule has 1 atom stereocenters. The molecule has 0 spiro atoms. The number of benzene rings is 1. The molecule has 0 unspecified atom stereocenters. The van der Waals surface area contributed by atoms with Crippen LogP contribution in [0.3, 0.4) is 0 Å². The summed E-state index contributed by atoms with van der Waals surface area (Å²) in [5.74, 6) is 0. The van der Waals surface area contributed by atoms with Crippen LogP contribution in [-0.2, 0) is 6.54 Å². The van der Waals surface area contributed by atoms with Crippen molar-refractivity contribution >= 4 is 23.2 Å². The van der Waals surface area contributed by atoms with E-state index in [1.54, 1.807) is 0 Å². The van der Waals surface area contributed by atoms with Gasteiger partial charge in [0.2, 0.25) is 0 Å². The Morgan fingerprint density at radius 2 is 2.06 bits per heavy atom. The zero-order valence-corrected chi connectivity index (χ0v) is 10.7. The molecule has 0 radical (unpaired) electrons. The first-order valence-electron chi connectivity index (χ1n) is 5.59. The maximum atomic E-state index is 6.07. The molecule has 1 aromatic heterocycles. The van der Waals surface area contributed by atoms with Crippen molar-refractivity contribution in [3.05, 3.63) is 57.8 Å². The van der Waals surface area contributed by atoms with E-state index in [4.69, 9.17) is 23.2 Å². The lowest BCUT2D eigenvalue weighted by Crippen LogP contribution is -2.33. The van der Waals surface area contributed by atoms with Gasteiger partial charge in [0, 0.05) is 25.0 Å². The van der Waals surface area contributed by atoms with Crippen molar-refractivity contribution in [3.63, 3.8) is 0 Å². The van der Waals surface area contributed by atoms with Gasteiger partial charge in [-0.3, -0.25) is 0 Å². The van der Waals surface area contributed by atoms with Gasteiger partial charge in [0.05, 0.1) is 16.1 Å². The van der Waals surface area contributed by atoms with Crippen LogP contribution in [0.1, 0.15) is 17.3 Å². The standard InChI is InChI=1S/C13H12Cl2N2/c14-10-4-3-9(8-11(10)15)13-12-2-1-6-17(12)7-5-16-13/h1-4,6,8,13,16H,5,7H2/t13-/m1/s1. The monoisotopic (exact) mass is 266 g/mol. The molecule has 0 amide bonds. The van der Waals surface area contributed by atoms with E-state index in [0.717, 1.165) is 18.7 Å². The van der Waals surface area contributed by atoms with Crippen molar-refractivity contribution in [1.82, 2.24) is 9.88 Å². The Morgan fingerprint density at radius 3 is 2.88 bits per heavy atom. The molecule has 0 fully saturated rings. The Morgan fingerprint density at radius 1 is 1.18 bits per heavy atom. The zero-order valence-electron chi connectivity index (χ0n) is 9.16. The smallest absolute Gasteiger partial charge is 0.0732 e. The maximum absolute atomic E-state index is 6.07. The quantitative estimate of drug-likeness (QED) is 0.836.